The number of aliphatic hydroxyl groups excluding tert-OH is 1. The Balaban J connectivity index is 1.37. The van der Waals surface area contributed by atoms with E-state index in [1.807, 2.05) is 17.0 Å². The van der Waals surface area contributed by atoms with Gasteiger partial charge in [-0.25, -0.2) is 0 Å². The first-order valence-corrected chi connectivity index (χ1v) is 11.5. The minimum Gasteiger partial charge on any atom is -0.491 e. The van der Waals surface area contributed by atoms with Crippen LogP contribution >= 0.6 is 11.6 Å². The molecular weight excluding hydrogens is 432 g/mol. The van der Waals surface area contributed by atoms with E-state index in [1.165, 1.54) is 0 Å². The van der Waals surface area contributed by atoms with Crippen LogP contribution in [-0.2, 0) is 11.3 Å². The largest absolute Gasteiger partial charge is 0.491 e. The zero-order valence-corrected chi connectivity index (χ0v) is 18.6. The Kier molecular flexibility index (Phi) is 6.02. The molecule has 0 radical (unpaired) electrons. The van der Waals surface area contributed by atoms with Crippen molar-refractivity contribution >= 4 is 23.2 Å². The number of rotatable bonds is 6. The highest BCUT2D eigenvalue weighted by Crippen LogP contribution is 2.43. The highest BCUT2D eigenvalue weighted by molar-refractivity contribution is 6.30. The molecule has 0 spiro atoms. The Bertz CT molecular complexity index is 979. The van der Waals surface area contributed by atoms with E-state index >= 15 is 0 Å². The molecule has 170 valence electrons. The predicted molar refractivity (Wildman–Crippen MR) is 121 cm³/mol. The lowest BCUT2D eigenvalue weighted by Crippen LogP contribution is -2.42. The van der Waals surface area contributed by atoms with Crippen molar-refractivity contribution in [3.63, 3.8) is 0 Å². The van der Waals surface area contributed by atoms with Crippen molar-refractivity contribution in [3.05, 3.63) is 47.0 Å². The van der Waals surface area contributed by atoms with Crippen molar-refractivity contribution in [2.45, 2.75) is 38.0 Å². The molecule has 1 fully saturated rings. The number of hydrogen-bond acceptors (Lipinski definition) is 6. The molecule has 1 saturated carbocycles. The van der Waals surface area contributed by atoms with Gasteiger partial charge in [0.15, 0.2) is 11.5 Å². The van der Waals surface area contributed by atoms with Crippen LogP contribution in [0.5, 0.6) is 17.2 Å². The van der Waals surface area contributed by atoms with Gasteiger partial charge in [-0.1, -0.05) is 11.6 Å². The molecule has 0 aromatic heterocycles. The predicted octanol–water partition coefficient (Wildman–Crippen LogP) is 3.25. The van der Waals surface area contributed by atoms with Crippen molar-refractivity contribution in [3.8, 4) is 17.2 Å². The Labute approximate surface area is 192 Å². The number of fused-ring (bicyclic) bond motifs is 3. The lowest BCUT2D eigenvalue weighted by molar-refractivity contribution is -0.132. The summed E-state index contributed by atoms with van der Waals surface area (Å²) in [4.78, 5) is 17.0. The van der Waals surface area contributed by atoms with Gasteiger partial charge < -0.3 is 29.1 Å². The van der Waals surface area contributed by atoms with E-state index in [2.05, 4.69) is 4.90 Å². The molecular formula is C24H27ClN2O5. The van der Waals surface area contributed by atoms with E-state index in [4.69, 9.17) is 25.8 Å². The third kappa shape index (κ3) is 4.59. The maximum Gasteiger partial charge on any atom is 0.224 e. The fourth-order valence-corrected chi connectivity index (χ4v) is 4.43. The van der Waals surface area contributed by atoms with Crippen LogP contribution in [0, 0.1) is 0 Å². The van der Waals surface area contributed by atoms with E-state index < -0.39 is 6.10 Å². The standard InChI is InChI=1S/C24H27ClN2O5/c25-16-1-5-19(6-2-16)32-15-18(28)13-26-10-9-23(29)27(17-3-4-17)14-20-21(26)7-8-22-24(20)31-12-11-30-22/h1-2,5-8,17-18,28H,3-4,9-15H2/t18-/m1/s1. The molecule has 5 rings (SSSR count). The summed E-state index contributed by atoms with van der Waals surface area (Å²) in [5, 5.41) is 11.3. The molecule has 1 atom stereocenters. The van der Waals surface area contributed by atoms with Gasteiger partial charge in [0, 0.05) is 41.8 Å². The molecule has 2 aromatic rings. The van der Waals surface area contributed by atoms with Crippen molar-refractivity contribution < 1.29 is 24.1 Å². The second-order valence-corrected chi connectivity index (χ2v) is 8.89. The smallest absolute Gasteiger partial charge is 0.224 e. The lowest BCUT2D eigenvalue weighted by Gasteiger charge is -2.36. The molecule has 0 bridgehead atoms. The number of carbonyl (C=O) groups excluding carboxylic acids is 1. The lowest BCUT2D eigenvalue weighted by atomic mass is 10.0. The highest BCUT2D eigenvalue weighted by Gasteiger charge is 2.36. The summed E-state index contributed by atoms with van der Waals surface area (Å²) in [5.41, 5.74) is 1.92. The number of halogens is 1. The second-order valence-electron chi connectivity index (χ2n) is 8.46. The SMILES string of the molecule is O=C1CCN(C[C@@H](O)COc2ccc(Cl)cc2)c2ccc3c(c2CN1C1CC1)OCCO3. The fourth-order valence-electron chi connectivity index (χ4n) is 4.30. The third-order valence-corrected chi connectivity index (χ3v) is 6.30. The number of β-amino-alcohol motifs (C(OH)–C–C–N with tert-alkyl or cyclic N) is 1. The number of anilines is 1. The number of ether oxygens (including phenoxy) is 3. The maximum atomic E-state index is 12.9. The van der Waals surface area contributed by atoms with Gasteiger partial charge in [-0.05, 0) is 49.2 Å². The van der Waals surface area contributed by atoms with Crippen molar-refractivity contribution in [1.29, 1.82) is 0 Å². The highest BCUT2D eigenvalue weighted by atomic mass is 35.5. The topological polar surface area (TPSA) is 71.5 Å². The molecule has 32 heavy (non-hydrogen) atoms. The fraction of sp³-hybridized carbons (Fsp3) is 0.458. The Hall–Kier alpha value is -2.64. The van der Waals surface area contributed by atoms with Gasteiger partial charge in [-0.15, -0.1) is 0 Å². The van der Waals surface area contributed by atoms with Gasteiger partial charge >= 0.3 is 0 Å². The monoisotopic (exact) mass is 458 g/mol. The van der Waals surface area contributed by atoms with Gasteiger partial charge in [-0.2, -0.15) is 0 Å². The molecule has 3 aliphatic rings. The minimum atomic E-state index is -0.735. The van der Waals surface area contributed by atoms with E-state index in [0.717, 1.165) is 24.1 Å². The van der Waals surface area contributed by atoms with Crippen LogP contribution in [0.4, 0.5) is 5.69 Å². The molecule has 2 aliphatic heterocycles. The molecule has 0 saturated heterocycles. The molecule has 0 unspecified atom stereocenters. The van der Waals surface area contributed by atoms with Crippen LogP contribution < -0.4 is 19.1 Å². The molecule has 8 heteroatoms. The Morgan fingerprint density at radius 3 is 2.69 bits per heavy atom. The van der Waals surface area contributed by atoms with Crippen LogP contribution in [0.1, 0.15) is 24.8 Å². The van der Waals surface area contributed by atoms with Crippen molar-refractivity contribution in [1.82, 2.24) is 4.90 Å². The van der Waals surface area contributed by atoms with Crippen molar-refractivity contribution in [2.75, 3.05) is 37.8 Å². The van der Waals surface area contributed by atoms with Gasteiger partial charge in [0.1, 0.15) is 31.7 Å². The van der Waals surface area contributed by atoms with E-state index in [0.29, 0.717) is 67.6 Å². The van der Waals surface area contributed by atoms with Crippen LogP contribution in [0.25, 0.3) is 0 Å². The number of carbonyl (C=O) groups is 1. The quantitative estimate of drug-likeness (QED) is 0.716. The summed E-state index contributed by atoms with van der Waals surface area (Å²) in [6.07, 6.45) is 1.78. The molecule has 1 amide bonds. The maximum absolute atomic E-state index is 12.9. The van der Waals surface area contributed by atoms with Gasteiger partial charge in [0.25, 0.3) is 0 Å². The average molecular weight is 459 g/mol. The molecule has 2 aromatic carbocycles. The van der Waals surface area contributed by atoms with Crippen molar-refractivity contribution in [2.24, 2.45) is 0 Å². The zero-order chi connectivity index (χ0) is 22.1. The summed E-state index contributed by atoms with van der Waals surface area (Å²) >= 11 is 5.91. The minimum absolute atomic E-state index is 0.139. The molecule has 7 nitrogen and oxygen atoms in total. The molecule has 1 N–H and O–H groups in total. The normalized spacial score (nSPS) is 19.1. The van der Waals surface area contributed by atoms with E-state index in [-0.39, 0.29) is 12.5 Å². The number of nitrogens with zero attached hydrogens (tertiary/aromatic N) is 2. The van der Waals surface area contributed by atoms with E-state index in [1.54, 1.807) is 24.3 Å². The van der Waals surface area contributed by atoms with E-state index in [9.17, 15) is 9.90 Å². The van der Waals surface area contributed by atoms with Gasteiger partial charge in [0.2, 0.25) is 5.91 Å². The first-order chi connectivity index (χ1) is 15.6. The average Bonchev–Trinajstić information content (AvgIpc) is 3.64. The van der Waals surface area contributed by atoms with Crippen LogP contribution in [0.2, 0.25) is 5.02 Å². The van der Waals surface area contributed by atoms with Gasteiger partial charge in [-0.3, -0.25) is 4.79 Å². The Morgan fingerprint density at radius 1 is 1.12 bits per heavy atom. The number of amides is 1. The summed E-state index contributed by atoms with van der Waals surface area (Å²) in [5.74, 6) is 2.22. The summed E-state index contributed by atoms with van der Waals surface area (Å²) in [6.45, 7) is 2.50. The number of benzene rings is 2. The first-order valence-electron chi connectivity index (χ1n) is 11.1. The van der Waals surface area contributed by atoms with Gasteiger partial charge in [0.05, 0.1) is 6.54 Å². The van der Waals surface area contributed by atoms with Crippen LogP contribution in [0.15, 0.2) is 36.4 Å². The van der Waals surface area contributed by atoms with Crippen LogP contribution in [0.3, 0.4) is 0 Å². The zero-order valence-electron chi connectivity index (χ0n) is 17.8. The summed E-state index contributed by atoms with van der Waals surface area (Å²) < 4.78 is 17.5. The molecule has 2 heterocycles. The first kappa shape index (κ1) is 21.2. The van der Waals surface area contributed by atoms with Crippen LogP contribution in [-0.4, -0.2) is 61.0 Å². The third-order valence-electron chi connectivity index (χ3n) is 6.05. The summed E-state index contributed by atoms with van der Waals surface area (Å²) in [7, 11) is 0. The Morgan fingerprint density at radius 2 is 1.91 bits per heavy atom. The second kappa shape index (κ2) is 9.08. The molecule has 1 aliphatic carbocycles. The summed E-state index contributed by atoms with van der Waals surface area (Å²) in [6, 6.07) is 11.3. The number of hydrogen-bond donors (Lipinski definition) is 1. The number of aliphatic hydroxyl groups is 1.